The highest BCUT2D eigenvalue weighted by atomic mass is 16.5. The Morgan fingerprint density at radius 2 is 1.91 bits per heavy atom. The lowest BCUT2D eigenvalue weighted by molar-refractivity contribution is 0.289. The molecule has 0 spiro atoms. The summed E-state index contributed by atoms with van der Waals surface area (Å²) in [5.74, 6) is 0.854. The van der Waals surface area contributed by atoms with Gasteiger partial charge in [-0.05, 0) is 25.5 Å². The molecule has 0 aliphatic carbocycles. The van der Waals surface area contributed by atoms with E-state index in [1.54, 1.807) is 0 Å². The average molecular weight is 302 g/mol. The zero-order chi connectivity index (χ0) is 15.8. The molecule has 1 aromatic carbocycles. The van der Waals surface area contributed by atoms with Crippen molar-refractivity contribution in [1.29, 1.82) is 0 Å². The first kappa shape index (κ1) is 16.5. The van der Waals surface area contributed by atoms with E-state index in [0.717, 1.165) is 30.1 Å². The van der Waals surface area contributed by atoms with Gasteiger partial charge in [-0.15, -0.1) is 5.10 Å². The van der Waals surface area contributed by atoms with Gasteiger partial charge in [0.25, 0.3) is 0 Å². The number of unbranched alkanes of at least 4 members (excludes halogenated alkanes) is 3. The molecule has 0 unspecified atom stereocenters. The fourth-order valence-corrected chi connectivity index (χ4v) is 2.34. The molecule has 2 rings (SSSR count). The van der Waals surface area contributed by atoms with E-state index in [1.807, 2.05) is 28.9 Å². The maximum Gasteiger partial charge on any atom is 0.132 e. The van der Waals surface area contributed by atoms with E-state index in [9.17, 15) is 0 Å². The second-order valence-electron chi connectivity index (χ2n) is 5.57. The lowest BCUT2D eigenvalue weighted by Gasteiger charge is -2.10. The number of nitrogens with zero attached hydrogens (tertiary/aromatic N) is 3. The van der Waals surface area contributed by atoms with Crippen LogP contribution in [0.5, 0.6) is 5.75 Å². The molecular weight excluding hydrogens is 276 g/mol. The SMILES string of the molecule is CCCCCCn1nnc(CN)c1COc1ccc(C)cc1. The summed E-state index contributed by atoms with van der Waals surface area (Å²) in [6, 6.07) is 8.04. The van der Waals surface area contributed by atoms with Gasteiger partial charge >= 0.3 is 0 Å². The summed E-state index contributed by atoms with van der Waals surface area (Å²) < 4.78 is 7.80. The number of ether oxygens (including phenoxy) is 1. The Labute approximate surface area is 132 Å². The van der Waals surface area contributed by atoms with Crippen molar-refractivity contribution < 1.29 is 4.74 Å². The number of hydrogen-bond donors (Lipinski definition) is 1. The first-order chi connectivity index (χ1) is 10.7. The van der Waals surface area contributed by atoms with Gasteiger partial charge in [0.1, 0.15) is 23.7 Å². The van der Waals surface area contributed by atoms with Crippen LogP contribution in [-0.2, 0) is 19.7 Å². The van der Waals surface area contributed by atoms with E-state index in [0.29, 0.717) is 13.2 Å². The van der Waals surface area contributed by atoms with Crippen molar-refractivity contribution in [2.45, 2.75) is 59.2 Å². The van der Waals surface area contributed by atoms with Gasteiger partial charge < -0.3 is 10.5 Å². The summed E-state index contributed by atoms with van der Waals surface area (Å²) in [5.41, 5.74) is 8.79. The standard InChI is InChI=1S/C17H26N4O/c1-3-4-5-6-11-21-17(16(12-18)19-20-21)13-22-15-9-7-14(2)8-10-15/h7-10H,3-6,11-13,18H2,1-2H3. The summed E-state index contributed by atoms with van der Waals surface area (Å²) in [6.07, 6.45) is 4.81. The predicted molar refractivity (Wildman–Crippen MR) is 87.6 cm³/mol. The van der Waals surface area contributed by atoms with Gasteiger partial charge in [0, 0.05) is 13.1 Å². The predicted octanol–water partition coefficient (Wildman–Crippen LogP) is 3.20. The van der Waals surface area contributed by atoms with Crippen LogP contribution in [0, 0.1) is 6.92 Å². The molecule has 120 valence electrons. The number of rotatable bonds is 9. The molecule has 22 heavy (non-hydrogen) atoms. The second-order valence-corrected chi connectivity index (χ2v) is 5.57. The largest absolute Gasteiger partial charge is 0.487 e. The van der Waals surface area contributed by atoms with Crippen molar-refractivity contribution in [3.05, 3.63) is 41.2 Å². The molecule has 0 amide bonds. The molecule has 0 bridgehead atoms. The maximum atomic E-state index is 5.86. The number of aryl methyl sites for hydroxylation is 2. The van der Waals surface area contributed by atoms with Crippen molar-refractivity contribution in [3.63, 3.8) is 0 Å². The maximum absolute atomic E-state index is 5.86. The molecule has 2 N–H and O–H groups in total. The summed E-state index contributed by atoms with van der Waals surface area (Å²) in [6.45, 7) is 5.99. The van der Waals surface area contributed by atoms with E-state index >= 15 is 0 Å². The van der Waals surface area contributed by atoms with Crippen LogP contribution in [-0.4, -0.2) is 15.0 Å². The molecule has 0 atom stereocenters. The molecule has 5 nitrogen and oxygen atoms in total. The molecule has 0 aliphatic rings. The van der Waals surface area contributed by atoms with Crippen molar-refractivity contribution in [2.24, 2.45) is 5.73 Å². The summed E-state index contributed by atoms with van der Waals surface area (Å²) in [4.78, 5) is 0. The van der Waals surface area contributed by atoms with Crippen LogP contribution in [0.2, 0.25) is 0 Å². The first-order valence-corrected chi connectivity index (χ1v) is 8.05. The molecule has 5 heteroatoms. The van der Waals surface area contributed by atoms with Gasteiger partial charge in [-0.25, -0.2) is 4.68 Å². The van der Waals surface area contributed by atoms with Crippen molar-refractivity contribution in [3.8, 4) is 5.75 Å². The lowest BCUT2D eigenvalue weighted by Crippen LogP contribution is -2.11. The Morgan fingerprint density at radius 1 is 1.14 bits per heavy atom. The second kappa shape index (κ2) is 8.54. The molecule has 0 saturated heterocycles. The third-order valence-corrected chi connectivity index (χ3v) is 3.73. The molecule has 0 saturated carbocycles. The molecule has 2 aromatic rings. The Balaban J connectivity index is 1.98. The molecule has 1 aromatic heterocycles. The average Bonchev–Trinajstić information content (AvgIpc) is 2.93. The van der Waals surface area contributed by atoms with Crippen LogP contribution in [0.15, 0.2) is 24.3 Å². The fourth-order valence-electron chi connectivity index (χ4n) is 2.34. The molecule has 0 fully saturated rings. The van der Waals surface area contributed by atoms with Crippen molar-refractivity contribution in [2.75, 3.05) is 0 Å². The third kappa shape index (κ3) is 4.56. The van der Waals surface area contributed by atoms with Gasteiger partial charge in [0.15, 0.2) is 0 Å². The highest BCUT2D eigenvalue weighted by Gasteiger charge is 2.12. The summed E-state index contributed by atoms with van der Waals surface area (Å²) in [7, 11) is 0. The number of hydrogen-bond acceptors (Lipinski definition) is 4. The highest BCUT2D eigenvalue weighted by molar-refractivity contribution is 5.26. The monoisotopic (exact) mass is 302 g/mol. The molecular formula is C17H26N4O. The van der Waals surface area contributed by atoms with Crippen LogP contribution in [0.25, 0.3) is 0 Å². The zero-order valence-corrected chi connectivity index (χ0v) is 13.6. The first-order valence-electron chi connectivity index (χ1n) is 8.05. The Bertz CT molecular complexity index is 563. The van der Waals surface area contributed by atoms with Gasteiger partial charge in [0.05, 0.1) is 0 Å². The molecule has 0 aliphatic heterocycles. The van der Waals surface area contributed by atoms with Crippen LogP contribution in [0.4, 0.5) is 0 Å². The number of aromatic nitrogens is 3. The quantitative estimate of drug-likeness (QED) is 0.722. The van der Waals surface area contributed by atoms with Gasteiger partial charge in [-0.1, -0.05) is 49.1 Å². The smallest absolute Gasteiger partial charge is 0.132 e. The van der Waals surface area contributed by atoms with E-state index in [4.69, 9.17) is 10.5 Å². The summed E-state index contributed by atoms with van der Waals surface area (Å²) >= 11 is 0. The Kier molecular flexibility index (Phi) is 6.40. The van der Waals surface area contributed by atoms with Gasteiger partial charge in [-0.3, -0.25) is 0 Å². The number of nitrogens with two attached hydrogens (primary N) is 1. The fraction of sp³-hybridized carbons (Fsp3) is 0.529. The third-order valence-electron chi connectivity index (χ3n) is 3.73. The summed E-state index contributed by atoms with van der Waals surface area (Å²) in [5, 5.41) is 8.39. The van der Waals surface area contributed by atoms with Crippen molar-refractivity contribution in [1.82, 2.24) is 15.0 Å². The Morgan fingerprint density at radius 3 is 2.59 bits per heavy atom. The highest BCUT2D eigenvalue weighted by Crippen LogP contribution is 2.15. The minimum absolute atomic E-state index is 0.390. The van der Waals surface area contributed by atoms with E-state index < -0.39 is 0 Å². The topological polar surface area (TPSA) is 66.0 Å². The molecule has 1 heterocycles. The Hall–Kier alpha value is -1.88. The van der Waals surface area contributed by atoms with Gasteiger partial charge in [0.2, 0.25) is 0 Å². The zero-order valence-electron chi connectivity index (χ0n) is 13.6. The molecule has 0 radical (unpaired) electrons. The van der Waals surface area contributed by atoms with E-state index in [-0.39, 0.29) is 0 Å². The van der Waals surface area contributed by atoms with Crippen LogP contribution in [0.3, 0.4) is 0 Å². The lowest BCUT2D eigenvalue weighted by atomic mass is 10.2. The van der Waals surface area contributed by atoms with Crippen LogP contribution >= 0.6 is 0 Å². The van der Waals surface area contributed by atoms with Crippen LogP contribution in [0.1, 0.15) is 49.6 Å². The van der Waals surface area contributed by atoms with E-state index in [2.05, 4.69) is 24.2 Å². The minimum Gasteiger partial charge on any atom is -0.487 e. The van der Waals surface area contributed by atoms with Crippen molar-refractivity contribution >= 4 is 0 Å². The minimum atomic E-state index is 0.390. The normalized spacial score (nSPS) is 10.9. The van der Waals surface area contributed by atoms with E-state index in [1.165, 1.54) is 24.8 Å². The van der Waals surface area contributed by atoms with Crippen LogP contribution < -0.4 is 10.5 Å². The van der Waals surface area contributed by atoms with Gasteiger partial charge in [-0.2, -0.15) is 0 Å². The number of benzene rings is 1.